The molecule has 0 amide bonds. The molecule has 0 saturated heterocycles. The molecular formula is C28H39NO5S. The van der Waals surface area contributed by atoms with E-state index in [4.69, 9.17) is 9.47 Å². The first kappa shape index (κ1) is 28.6. The van der Waals surface area contributed by atoms with Crippen LogP contribution in [0.1, 0.15) is 69.4 Å². The summed E-state index contributed by atoms with van der Waals surface area (Å²) in [5.74, 6) is 0.901. The summed E-state index contributed by atoms with van der Waals surface area (Å²) in [7, 11) is -1.64. The summed E-state index contributed by atoms with van der Waals surface area (Å²) < 4.78 is 37.5. The van der Waals surface area contributed by atoms with E-state index in [1.165, 1.54) is 38.2 Å². The number of benzene rings is 2. The highest BCUT2D eigenvalue weighted by molar-refractivity contribution is 7.89. The first-order chi connectivity index (χ1) is 16.9. The Hall–Kier alpha value is -2.64. The molecule has 192 valence electrons. The van der Waals surface area contributed by atoms with Crippen molar-refractivity contribution in [3.8, 4) is 11.5 Å². The van der Waals surface area contributed by atoms with Crippen molar-refractivity contribution < 1.29 is 22.7 Å². The largest absolute Gasteiger partial charge is 0.497 e. The highest BCUT2D eigenvalue weighted by atomic mass is 32.2. The van der Waals surface area contributed by atoms with E-state index in [9.17, 15) is 13.2 Å². The van der Waals surface area contributed by atoms with E-state index in [-0.39, 0.29) is 5.75 Å². The summed E-state index contributed by atoms with van der Waals surface area (Å²) >= 11 is 0. The predicted molar refractivity (Wildman–Crippen MR) is 142 cm³/mol. The molecule has 2 aromatic rings. The van der Waals surface area contributed by atoms with Gasteiger partial charge in [-0.15, -0.1) is 0 Å². The summed E-state index contributed by atoms with van der Waals surface area (Å²) in [4.78, 5) is 12.1. The van der Waals surface area contributed by atoms with Crippen LogP contribution in [0.5, 0.6) is 11.5 Å². The van der Waals surface area contributed by atoms with E-state index in [2.05, 4.69) is 11.6 Å². The zero-order valence-electron chi connectivity index (χ0n) is 21.0. The fourth-order valence-electron chi connectivity index (χ4n) is 3.60. The summed E-state index contributed by atoms with van der Waals surface area (Å²) in [6, 6.07) is 14.4. The molecule has 0 unspecified atom stereocenters. The number of unbranched alkanes of at least 4 members (excludes halogenated alkanes) is 7. The van der Waals surface area contributed by atoms with Crippen LogP contribution in [0.4, 0.5) is 0 Å². The molecule has 0 aliphatic rings. The maximum atomic E-state index is 12.2. The molecule has 0 fully saturated rings. The molecule has 0 bridgehead atoms. The molecule has 35 heavy (non-hydrogen) atoms. The maximum Gasteiger partial charge on any atom is 0.336 e. The Kier molecular flexibility index (Phi) is 13.2. The lowest BCUT2D eigenvalue weighted by Gasteiger charge is -2.08. The SMILES string of the molecule is CCCCCCCCCCS(=O)(=O)NCCc1ccc(OC(=O)C=Cc2ccc(OC)cc2)cc1. The van der Waals surface area contributed by atoms with Crippen LogP contribution in [-0.4, -0.2) is 33.8 Å². The van der Waals surface area contributed by atoms with Crippen molar-refractivity contribution in [2.75, 3.05) is 19.4 Å². The Morgan fingerprint density at radius 2 is 1.46 bits per heavy atom. The lowest BCUT2D eigenvalue weighted by atomic mass is 10.1. The Balaban J connectivity index is 1.65. The van der Waals surface area contributed by atoms with Gasteiger partial charge in [-0.3, -0.25) is 0 Å². The van der Waals surface area contributed by atoms with Crippen molar-refractivity contribution in [1.82, 2.24) is 4.72 Å². The average Bonchev–Trinajstić information content (AvgIpc) is 2.85. The minimum Gasteiger partial charge on any atom is -0.497 e. The van der Waals surface area contributed by atoms with Gasteiger partial charge in [-0.1, -0.05) is 76.1 Å². The van der Waals surface area contributed by atoms with Crippen molar-refractivity contribution in [3.05, 3.63) is 65.7 Å². The van der Waals surface area contributed by atoms with Crippen LogP contribution in [-0.2, 0) is 21.2 Å². The normalized spacial score (nSPS) is 11.6. The van der Waals surface area contributed by atoms with Gasteiger partial charge in [0.2, 0.25) is 10.0 Å². The van der Waals surface area contributed by atoms with Crippen molar-refractivity contribution in [2.45, 2.75) is 64.7 Å². The van der Waals surface area contributed by atoms with Crippen molar-refractivity contribution >= 4 is 22.1 Å². The number of ether oxygens (including phenoxy) is 2. The number of methoxy groups -OCH3 is 1. The van der Waals surface area contributed by atoms with E-state index in [0.717, 1.165) is 29.7 Å². The molecule has 6 nitrogen and oxygen atoms in total. The Morgan fingerprint density at radius 1 is 0.857 bits per heavy atom. The fraction of sp³-hybridized carbons (Fsp3) is 0.464. The fourth-order valence-corrected chi connectivity index (χ4v) is 4.74. The quantitative estimate of drug-likeness (QED) is 0.126. The van der Waals surface area contributed by atoms with Crippen molar-refractivity contribution in [2.24, 2.45) is 0 Å². The van der Waals surface area contributed by atoms with E-state index >= 15 is 0 Å². The van der Waals surface area contributed by atoms with Gasteiger partial charge < -0.3 is 9.47 Å². The highest BCUT2D eigenvalue weighted by Gasteiger charge is 2.09. The minimum atomic E-state index is -3.24. The standard InChI is InChI=1S/C28H39NO5S/c1-3-4-5-6-7-8-9-10-23-35(31,32)29-22-21-25-13-18-27(19-14-25)34-28(30)20-15-24-11-16-26(33-2)17-12-24/h11-20,29H,3-10,21-23H2,1-2H3. The molecule has 0 aliphatic heterocycles. The lowest BCUT2D eigenvalue weighted by molar-refractivity contribution is -0.128. The molecule has 0 aromatic heterocycles. The number of rotatable bonds is 17. The second kappa shape index (κ2) is 16.1. The first-order valence-corrected chi connectivity index (χ1v) is 14.2. The van der Waals surface area contributed by atoms with Crippen molar-refractivity contribution in [3.63, 3.8) is 0 Å². The molecule has 0 heterocycles. The molecule has 0 atom stereocenters. The van der Waals surface area contributed by atoms with Crippen LogP contribution in [0.3, 0.4) is 0 Å². The van der Waals surface area contributed by atoms with Gasteiger partial charge in [0.15, 0.2) is 0 Å². The Morgan fingerprint density at radius 3 is 2.09 bits per heavy atom. The molecular weight excluding hydrogens is 462 g/mol. The zero-order chi connectivity index (χ0) is 25.4. The van der Waals surface area contributed by atoms with E-state index in [1.54, 1.807) is 25.3 Å². The second-order valence-electron chi connectivity index (χ2n) is 8.61. The predicted octanol–water partition coefficient (Wildman–Crippen LogP) is 5.92. The third kappa shape index (κ3) is 12.6. The molecule has 0 aliphatic carbocycles. The van der Waals surface area contributed by atoms with Gasteiger partial charge in [-0.05, 0) is 54.3 Å². The smallest absolute Gasteiger partial charge is 0.336 e. The third-order valence-electron chi connectivity index (χ3n) is 5.67. The van der Waals surface area contributed by atoms with Crippen LogP contribution in [0, 0.1) is 0 Å². The number of sulfonamides is 1. The molecule has 0 saturated carbocycles. The lowest BCUT2D eigenvalue weighted by Crippen LogP contribution is -2.28. The van der Waals surface area contributed by atoms with Gasteiger partial charge in [0.05, 0.1) is 12.9 Å². The molecule has 7 heteroatoms. The Labute approximate surface area is 210 Å². The molecule has 2 rings (SSSR count). The highest BCUT2D eigenvalue weighted by Crippen LogP contribution is 2.15. The molecule has 1 N–H and O–H groups in total. The van der Waals surface area contributed by atoms with Gasteiger partial charge in [0.1, 0.15) is 11.5 Å². The summed E-state index contributed by atoms with van der Waals surface area (Å²) in [5, 5.41) is 0. The number of nitrogens with one attached hydrogen (secondary N) is 1. The second-order valence-corrected chi connectivity index (χ2v) is 10.5. The van der Waals surface area contributed by atoms with Crippen LogP contribution in [0.2, 0.25) is 0 Å². The van der Waals surface area contributed by atoms with Crippen LogP contribution in [0.15, 0.2) is 54.6 Å². The summed E-state index contributed by atoms with van der Waals surface area (Å²) in [6.45, 7) is 2.55. The number of carbonyl (C=O) groups is 1. The maximum absolute atomic E-state index is 12.2. The van der Waals surface area contributed by atoms with Gasteiger partial charge in [-0.25, -0.2) is 17.9 Å². The molecule has 0 spiro atoms. The van der Waals surface area contributed by atoms with Crippen LogP contribution < -0.4 is 14.2 Å². The number of hydrogen-bond acceptors (Lipinski definition) is 5. The Bertz CT molecular complexity index is 999. The van der Waals surface area contributed by atoms with Gasteiger partial charge in [0, 0.05) is 12.6 Å². The monoisotopic (exact) mass is 501 g/mol. The van der Waals surface area contributed by atoms with E-state index < -0.39 is 16.0 Å². The first-order valence-electron chi connectivity index (χ1n) is 12.5. The topological polar surface area (TPSA) is 81.7 Å². The third-order valence-corrected chi connectivity index (χ3v) is 7.14. The minimum absolute atomic E-state index is 0.181. The van der Waals surface area contributed by atoms with Gasteiger partial charge >= 0.3 is 5.97 Å². The van der Waals surface area contributed by atoms with Gasteiger partial charge in [0.25, 0.3) is 0 Å². The van der Waals surface area contributed by atoms with Crippen LogP contribution in [0.25, 0.3) is 6.08 Å². The molecule has 2 aromatic carbocycles. The molecule has 0 radical (unpaired) electrons. The number of hydrogen-bond donors (Lipinski definition) is 1. The summed E-state index contributed by atoms with van der Waals surface area (Å²) in [5.41, 5.74) is 1.83. The average molecular weight is 502 g/mol. The van der Waals surface area contributed by atoms with Gasteiger partial charge in [-0.2, -0.15) is 0 Å². The number of carbonyl (C=O) groups excluding carboxylic acids is 1. The summed E-state index contributed by atoms with van der Waals surface area (Å²) in [6.07, 6.45) is 12.6. The van der Waals surface area contributed by atoms with E-state index in [1.807, 2.05) is 36.4 Å². The number of esters is 1. The zero-order valence-corrected chi connectivity index (χ0v) is 21.8. The van der Waals surface area contributed by atoms with Crippen molar-refractivity contribution in [1.29, 1.82) is 0 Å². The van der Waals surface area contributed by atoms with Crippen LogP contribution >= 0.6 is 0 Å². The van der Waals surface area contributed by atoms with E-state index in [0.29, 0.717) is 25.1 Å².